The van der Waals surface area contributed by atoms with Crippen molar-refractivity contribution in [1.82, 2.24) is 5.32 Å². The van der Waals surface area contributed by atoms with Crippen molar-refractivity contribution in [1.29, 1.82) is 5.26 Å². The fourth-order valence-electron chi connectivity index (χ4n) is 5.66. The second kappa shape index (κ2) is 12.7. The molecular formula is C32H29F6N3O3. The van der Waals surface area contributed by atoms with Gasteiger partial charge in [0.2, 0.25) is 0 Å². The highest BCUT2D eigenvalue weighted by molar-refractivity contribution is 5.98. The fraction of sp³-hybridized carbons (Fsp3) is 0.344. The van der Waals surface area contributed by atoms with Crippen LogP contribution in [0.2, 0.25) is 0 Å². The van der Waals surface area contributed by atoms with Crippen LogP contribution in [0.5, 0.6) is 0 Å². The van der Waals surface area contributed by atoms with Crippen molar-refractivity contribution in [3.8, 4) is 17.2 Å². The summed E-state index contributed by atoms with van der Waals surface area (Å²) in [5.74, 6) is -3.89. The van der Waals surface area contributed by atoms with E-state index in [9.17, 15) is 41.0 Å². The van der Waals surface area contributed by atoms with Crippen LogP contribution >= 0.6 is 0 Å². The van der Waals surface area contributed by atoms with Gasteiger partial charge in [0.25, 0.3) is 11.8 Å². The molecule has 0 aromatic heterocycles. The van der Waals surface area contributed by atoms with Gasteiger partial charge in [0.1, 0.15) is 5.60 Å². The Morgan fingerprint density at radius 3 is 2.09 bits per heavy atom. The number of amides is 2. The predicted octanol–water partition coefficient (Wildman–Crippen LogP) is 6.88. The molecule has 0 bridgehead atoms. The van der Waals surface area contributed by atoms with Crippen molar-refractivity contribution in [2.45, 2.75) is 50.1 Å². The number of carbonyl (C=O) groups is 2. The summed E-state index contributed by atoms with van der Waals surface area (Å²) in [4.78, 5) is 25.8. The molecular weight excluding hydrogens is 588 g/mol. The Kier molecular flexibility index (Phi) is 9.39. The molecule has 12 heteroatoms. The van der Waals surface area contributed by atoms with E-state index in [2.05, 4.69) is 10.6 Å². The number of nitrogens with zero attached hydrogens (tertiary/aromatic N) is 1. The Balaban J connectivity index is 1.68. The molecule has 0 radical (unpaired) electrons. The molecule has 1 atom stereocenters. The topological polar surface area (TPSA) is 102 Å². The number of nitriles is 1. The van der Waals surface area contributed by atoms with Crippen LogP contribution in [0.1, 0.15) is 52.7 Å². The highest BCUT2D eigenvalue weighted by atomic mass is 19.4. The number of aliphatic hydroxyl groups is 1. The molecule has 1 saturated carbocycles. The molecule has 232 valence electrons. The van der Waals surface area contributed by atoms with Gasteiger partial charge in [-0.3, -0.25) is 9.59 Å². The average molecular weight is 618 g/mol. The van der Waals surface area contributed by atoms with Crippen LogP contribution in [0.25, 0.3) is 11.1 Å². The summed E-state index contributed by atoms with van der Waals surface area (Å²) in [7, 11) is 1.49. The monoisotopic (exact) mass is 617 g/mol. The van der Waals surface area contributed by atoms with Gasteiger partial charge in [-0.25, -0.2) is 0 Å². The van der Waals surface area contributed by atoms with E-state index in [1.807, 2.05) is 0 Å². The van der Waals surface area contributed by atoms with E-state index in [-0.39, 0.29) is 43.7 Å². The maximum Gasteiger partial charge on any atom is 0.417 e. The second-order valence-corrected chi connectivity index (χ2v) is 10.9. The minimum Gasteiger partial charge on any atom is -0.379 e. The van der Waals surface area contributed by atoms with Gasteiger partial charge in [-0.2, -0.15) is 31.6 Å². The number of benzene rings is 3. The van der Waals surface area contributed by atoms with Gasteiger partial charge < -0.3 is 15.7 Å². The summed E-state index contributed by atoms with van der Waals surface area (Å²) < 4.78 is 80.8. The van der Waals surface area contributed by atoms with E-state index in [0.717, 1.165) is 12.1 Å². The highest BCUT2D eigenvalue weighted by Crippen LogP contribution is 2.44. The summed E-state index contributed by atoms with van der Waals surface area (Å²) in [5, 5.41) is 25.9. The third-order valence-electron chi connectivity index (χ3n) is 8.05. The summed E-state index contributed by atoms with van der Waals surface area (Å²) >= 11 is 0. The van der Waals surface area contributed by atoms with Gasteiger partial charge in [0.05, 0.1) is 23.1 Å². The largest absolute Gasteiger partial charge is 0.417 e. The molecule has 0 heterocycles. The van der Waals surface area contributed by atoms with Crippen LogP contribution < -0.4 is 10.6 Å². The third-order valence-corrected chi connectivity index (χ3v) is 8.05. The third kappa shape index (κ3) is 7.22. The number of nitrogens with one attached hydrogen (secondary N) is 2. The van der Waals surface area contributed by atoms with Crippen molar-refractivity contribution in [2.24, 2.45) is 11.8 Å². The minimum atomic E-state index is -4.90. The number of alkyl halides is 6. The zero-order valence-electron chi connectivity index (χ0n) is 23.5. The van der Waals surface area contributed by atoms with E-state index < -0.39 is 46.8 Å². The summed E-state index contributed by atoms with van der Waals surface area (Å²) in [6.45, 7) is 0. The summed E-state index contributed by atoms with van der Waals surface area (Å²) in [6.07, 6.45) is -10.6. The number of halogens is 6. The maximum atomic E-state index is 13.7. The first kappa shape index (κ1) is 32.5. The molecule has 1 aliphatic rings. The molecule has 1 aliphatic carbocycles. The summed E-state index contributed by atoms with van der Waals surface area (Å²) in [5.41, 5.74) is -2.42. The van der Waals surface area contributed by atoms with Gasteiger partial charge in [-0.1, -0.05) is 36.4 Å². The SMILES string of the molecule is CNC(=O)c1cccc(-c2cccc(CC(O)(C(=O)Nc3ccc(C#N)c(C(F)(F)F)c3)C3CCC(C(F)(F)F)CC3)c2)c1. The number of hydrogen-bond donors (Lipinski definition) is 3. The number of hydrogen-bond acceptors (Lipinski definition) is 4. The molecule has 6 nitrogen and oxygen atoms in total. The van der Waals surface area contributed by atoms with Crippen LogP contribution in [-0.2, 0) is 17.4 Å². The first-order chi connectivity index (χ1) is 20.7. The fourth-order valence-corrected chi connectivity index (χ4v) is 5.66. The van der Waals surface area contributed by atoms with Gasteiger partial charge in [0, 0.05) is 24.7 Å². The van der Waals surface area contributed by atoms with Crippen LogP contribution in [0.15, 0.2) is 66.7 Å². The molecule has 1 fully saturated rings. The molecule has 3 aromatic carbocycles. The van der Waals surface area contributed by atoms with E-state index in [1.165, 1.54) is 13.1 Å². The lowest BCUT2D eigenvalue weighted by Gasteiger charge is -2.39. The minimum absolute atomic E-state index is 0.136. The van der Waals surface area contributed by atoms with Crippen LogP contribution in [0.3, 0.4) is 0 Å². The quantitative estimate of drug-likeness (QED) is 0.252. The van der Waals surface area contributed by atoms with Crippen LogP contribution in [-0.4, -0.2) is 35.7 Å². The molecule has 0 spiro atoms. The second-order valence-electron chi connectivity index (χ2n) is 10.9. The van der Waals surface area contributed by atoms with E-state index in [1.54, 1.807) is 48.5 Å². The zero-order chi connectivity index (χ0) is 32.3. The van der Waals surface area contributed by atoms with Gasteiger partial charge in [-0.05, 0) is 78.6 Å². The van der Waals surface area contributed by atoms with Crippen molar-refractivity contribution >= 4 is 17.5 Å². The standard InChI is InChI=1S/C32H29F6N3O3/c1-40-28(42)22-7-3-6-21(15-22)20-5-2-4-19(14-20)17-30(44,24-9-11-25(12-10-24)31(33,34)35)29(43)41-26-13-8-23(18-39)27(16-26)32(36,37)38/h2-8,13-16,24-25,44H,9-12,17H2,1H3,(H,40,42)(H,41,43). The molecule has 1 unspecified atom stereocenters. The molecule has 0 saturated heterocycles. The average Bonchev–Trinajstić information content (AvgIpc) is 3.00. The predicted molar refractivity (Wildman–Crippen MR) is 150 cm³/mol. The Bertz CT molecular complexity index is 1570. The normalized spacial score (nSPS) is 18.5. The van der Waals surface area contributed by atoms with E-state index in [4.69, 9.17) is 5.26 Å². The first-order valence-corrected chi connectivity index (χ1v) is 13.8. The lowest BCUT2D eigenvalue weighted by atomic mass is 9.70. The molecule has 3 aromatic rings. The Labute approximate surface area is 249 Å². The van der Waals surface area contributed by atoms with Gasteiger partial charge >= 0.3 is 12.4 Å². The highest BCUT2D eigenvalue weighted by Gasteiger charge is 2.49. The van der Waals surface area contributed by atoms with Gasteiger partial charge in [0.15, 0.2) is 0 Å². The van der Waals surface area contributed by atoms with E-state index >= 15 is 0 Å². The molecule has 2 amide bonds. The molecule has 44 heavy (non-hydrogen) atoms. The number of anilines is 1. The zero-order valence-corrected chi connectivity index (χ0v) is 23.5. The van der Waals surface area contributed by atoms with Crippen LogP contribution in [0, 0.1) is 23.2 Å². The molecule has 4 rings (SSSR count). The Hall–Kier alpha value is -4.37. The lowest BCUT2D eigenvalue weighted by molar-refractivity contribution is -0.189. The molecule has 0 aliphatic heterocycles. The maximum absolute atomic E-state index is 13.7. The Morgan fingerprint density at radius 1 is 0.886 bits per heavy atom. The Morgan fingerprint density at radius 2 is 1.50 bits per heavy atom. The van der Waals surface area contributed by atoms with Crippen molar-refractivity contribution in [3.05, 3.63) is 89.0 Å². The van der Waals surface area contributed by atoms with Crippen molar-refractivity contribution < 1.29 is 41.0 Å². The smallest absolute Gasteiger partial charge is 0.379 e. The van der Waals surface area contributed by atoms with Gasteiger partial charge in [-0.15, -0.1) is 0 Å². The number of carbonyl (C=O) groups excluding carboxylic acids is 2. The number of rotatable bonds is 7. The van der Waals surface area contributed by atoms with Crippen LogP contribution in [0.4, 0.5) is 32.0 Å². The van der Waals surface area contributed by atoms with Crippen molar-refractivity contribution in [3.63, 3.8) is 0 Å². The van der Waals surface area contributed by atoms with E-state index in [0.29, 0.717) is 28.3 Å². The molecule has 3 N–H and O–H groups in total. The van der Waals surface area contributed by atoms with Crippen molar-refractivity contribution in [2.75, 3.05) is 12.4 Å². The lowest BCUT2D eigenvalue weighted by Crippen LogP contribution is -2.52. The first-order valence-electron chi connectivity index (χ1n) is 13.8. The summed E-state index contributed by atoms with van der Waals surface area (Å²) in [6, 6.07) is 17.4.